The van der Waals surface area contributed by atoms with Crippen molar-refractivity contribution in [1.82, 2.24) is 0 Å². The highest BCUT2D eigenvalue weighted by molar-refractivity contribution is 6.01. The van der Waals surface area contributed by atoms with E-state index >= 15 is 0 Å². The number of hydrogen-bond donors (Lipinski definition) is 1. The minimum atomic E-state index is -0.683. The van der Waals surface area contributed by atoms with Gasteiger partial charge < -0.3 is 15.4 Å². The Labute approximate surface area is 111 Å². The van der Waals surface area contributed by atoms with Gasteiger partial charge in [0.25, 0.3) is 0 Å². The molecule has 0 radical (unpaired) electrons. The van der Waals surface area contributed by atoms with Gasteiger partial charge in [-0.2, -0.15) is 5.26 Å². The average molecular weight is 257 g/mol. The predicted octanol–water partition coefficient (Wildman–Crippen LogP) is 1.26. The summed E-state index contributed by atoms with van der Waals surface area (Å²) < 4.78 is 4.80. The van der Waals surface area contributed by atoms with Crippen LogP contribution >= 0.6 is 0 Å². The summed E-state index contributed by atoms with van der Waals surface area (Å²) in [5.74, 6) is -0.683. The lowest BCUT2D eigenvalue weighted by Gasteiger charge is -2.07. The largest absolute Gasteiger partial charge is 0.462 e. The molecule has 2 rings (SSSR count). The summed E-state index contributed by atoms with van der Waals surface area (Å²) in [6.45, 7) is 4.03. The van der Waals surface area contributed by atoms with Crippen molar-refractivity contribution in [2.75, 3.05) is 24.6 Å². The van der Waals surface area contributed by atoms with Crippen molar-refractivity contribution in [2.24, 2.45) is 5.73 Å². The fraction of sp³-hybridized carbons (Fsp3) is 0.286. The molecule has 98 valence electrons. The molecule has 1 aromatic rings. The first kappa shape index (κ1) is 13.0. The van der Waals surface area contributed by atoms with E-state index < -0.39 is 5.97 Å². The summed E-state index contributed by atoms with van der Waals surface area (Å²) in [5, 5.41) is 9.01. The smallest absolute Gasteiger partial charge is 0.351 e. The van der Waals surface area contributed by atoms with Gasteiger partial charge in [-0.25, -0.2) is 4.79 Å². The number of benzene rings is 1. The monoisotopic (exact) mass is 257 g/mol. The molecular weight excluding hydrogens is 242 g/mol. The number of nitrogens with two attached hydrogens (primary N) is 1. The van der Waals surface area contributed by atoms with Gasteiger partial charge in [-0.1, -0.05) is 12.1 Å². The van der Waals surface area contributed by atoms with Crippen LogP contribution in [-0.4, -0.2) is 25.7 Å². The molecule has 0 bridgehead atoms. The number of carbonyl (C=O) groups is 1. The number of hydrogen-bond acceptors (Lipinski definition) is 5. The molecule has 0 atom stereocenters. The molecule has 5 heteroatoms. The molecule has 0 aliphatic carbocycles. The van der Waals surface area contributed by atoms with Gasteiger partial charge in [0.1, 0.15) is 6.07 Å². The Morgan fingerprint density at radius 1 is 1.42 bits per heavy atom. The third kappa shape index (κ3) is 2.86. The number of nitrogens with zero attached hydrogens (tertiary/aromatic N) is 2. The molecule has 0 aromatic heterocycles. The lowest BCUT2D eigenvalue weighted by atomic mass is 10.1. The molecule has 0 saturated carbocycles. The van der Waals surface area contributed by atoms with E-state index in [-0.39, 0.29) is 17.9 Å². The van der Waals surface area contributed by atoms with Crippen LogP contribution in [-0.2, 0) is 9.53 Å². The summed E-state index contributed by atoms with van der Waals surface area (Å²) in [4.78, 5) is 13.8. The number of nitriles is 1. The second-order valence-corrected chi connectivity index (χ2v) is 4.15. The lowest BCUT2D eigenvalue weighted by Crippen LogP contribution is -2.12. The van der Waals surface area contributed by atoms with Crippen molar-refractivity contribution in [3.05, 3.63) is 35.4 Å². The van der Waals surface area contributed by atoms with Crippen LogP contribution in [0.2, 0.25) is 0 Å². The molecule has 1 aromatic carbocycles. The highest BCUT2D eigenvalue weighted by atomic mass is 16.5. The van der Waals surface area contributed by atoms with Gasteiger partial charge in [0.15, 0.2) is 5.57 Å². The maximum atomic E-state index is 11.6. The number of rotatable bonds is 4. The zero-order valence-electron chi connectivity index (χ0n) is 10.7. The van der Waals surface area contributed by atoms with E-state index in [1.807, 2.05) is 12.1 Å². The zero-order chi connectivity index (χ0) is 13.8. The second-order valence-electron chi connectivity index (χ2n) is 4.15. The first-order chi connectivity index (χ1) is 9.17. The van der Waals surface area contributed by atoms with Crippen LogP contribution < -0.4 is 10.6 Å². The molecule has 5 nitrogen and oxygen atoms in total. The summed E-state index contributed by atoms with van der Waals surface area (Å²) in [7, 11) is 0. The molecule has 19 heavy (non-hydrogen) atoms. The van der Waals surface area contributed by atoms with E-state index in [4.69, 9.17) is 15.7 Å². The Bertz CT molecular complexity index is 551. The number of anilines is 1. The van der Waals surface area contributed by atoms with Crippen LogP contribution in [0.3, 0.4) is 0 Å². The van der Waals surface area contributed by atoms with Crippen molar-refractivity contribution in [2.45, 2.75) is 6.92 Å². The molecule has 2 N–H and O–H groups in total. The molecule has 1 saturated heterocycles. The van der Waals surface area contributed by atoms with Gasteiger partial charge in [-0.05, 0) is 24.6 Å². The van der Waals surface area contributed by atoms with E-state index in [9.17, 15) is 4.79 Å². The van der Waals surface area contributed by atoms with Gasteiger partial charge in [0.05, 0.1) is 12.3 Å². The Balaban J connectivity index is 2.27. The SMILES string of the molecule is CCOC(=O)/C(C#N)=C(\N)c1ccc(N2CC2)cc1. The summed E-state index contributed by atoms with van der Waals surface area (Å²) >= 11 is 0. The van der Waals surface area contributed by atoms with Crippen molar-refractivity contribution in [1.29, 1.82) is 5.26 Å². The molecule has 1 heterocycles. The van der Waals surface area contributed by atoms with Crippen LogP contribution in [0.15, 0.2) is 29.8 Å². The minimum absolute atomic E-state index is 0.151. The Kier molecular flexibility index (Phi) is 3.71. The normalized spacial score (nSPS) is 14.4. The Hall–Kier alpha value is -2.48. The van der Waals surface area contributed by atoms with Crippen LogP contribution in [0.1, 0.15) is 12.5 Å². The number of carbonyl (C=O) groups excluding carboxylic acids is 1. The van der Waals surface area contributed by atoms with E-state index in [0.29, 0.717) is 5.56 Å². The first-order valence-corrected chi connectivity index (χ1v) is 6.09. The first-order valence-electron chi connectivity index (χ1n) is 6.09. The third-order valence-corrected chi connectivity index (χ3v) is 2.85. The number of ether oxygens (including phenoxy) is 1. The standard InChI is InChI=1S/C14H15N3O2/c1-2-19-14(18)12(9-15)13(16)10-3-5-11(6-4-10)17-7-8-17/h3-6H,2,7-8,16H2,1H3/b13-12-. The molecule has 0 amide bonds. The van der Waals surface area contributed by atoms with Crippen molar-refractivity contribution in [3.8, 4) is 6.07 Å². The van der Waals surface area contributed by atoms with Crippen LogP contribution in [0, 0.1) is 11.3 Å². The predicted molar refractivity (Wildman–Crippen MR) is 72.0 cm³/mol. The van der Waals surface area contributed by atoms with Gasteiger partial charge in [0.2, 0.25) is 0 Å². The van der Waals surface area contributed by atoms with Gasteiger partial charge >= 0.3 is 5.97 Å². The molecule has 1 fully saturated rings. The van der Waals surface area contributed by atoms with E-state index in [1.165, 1.54) is 0 Å². The van der Waals surface area contributed by atoms with Gasteiger partial charge in [0, 0.05) is 18.8 Å². The average Bonchev–Trinajstić information content (AvgIpc) is 3.24. The van der Waals surface area contributed by atoms with E-state index in [0.717, 1.165) is 18.8 Å². The van der Waals surface area contributed by atoms with Gasteiger partial charge in [-0.3, -0.25) is 0 Å². The maximum Gasteiger partial charge on any atom is 0.351 e. The Morgan fingerprint density at radius 2 is 2.05 bits per heavy atom. The summed E-state index contributed by atoms with van der Waals surface area (Å²) in [6.07, 6.45) is 0. The zero-order valence-corrected chi connectivity index (χ0v) is 10.7. The van der Waals surface area contributed by atoms with E-state index in [1.54, 1.807) is 25.1 Å². The molecule has 1 aliphatic rings. The highest BCUT2D eigenvalue weighted by Gasteiger charge is 2.19. The third-order valence-electron chi connectivity index (χ3n) is 2.85. The Morgan fingerprint density at radius 3 is 2.53 bits per heavy atom. The highest BCUT2D eigenvalue weighted by Crippen LogP contribution is 2.23. The topological polar surface area (TPSA) is 79.1 Å². The molecule has 1 aliphatic heterocycles. The minimum Gasteiger partial charge on any atom is -0.462 e. The number of esters is 1. The van der Waals surface area contributed by atoms with Crippen molar-refractivity contribution in [3.63, 3.8) is 0 Å². The molecule has 0 spiro atoms. The van der Waals surface area contributed by atoms with Crippen molar-refractivity contribution >= 4 is 17.4 Å². The molecular formula is C14H15N3O2. The van der Waals surface area contributed by atoms with Crippen molar-refractivity contribution < 1.29 is 9.53 Å². The van der Waals surface area contributed by atoms with Crippen LogP contribution in [0.25, 0.3) is 5.70 Å². The lowest BCUT2D eigenvalue weighted by molar-refractivity contribution is -0.137. The van der Waals surface area contributed by atoms with Crippen LogP contribution in [0.4, 0.5) is 5.69 Å². The van der Waals surface area contributed by atoms with E-state index in [2.05, 4.69) is 4.90 Å². The maximum absolute atomic E-state index is 11.6. The summed E-state index contributed by atoms with van der Waals surface area (Å²) in [6, 6.07) is 9.27. The van der Waals surface area contributed by atoms with Gasteiger partial charge in [-0.15, -0.1) is 0 Å². The summed E-state index contributed by atoms with van der Waals surface area (Å²) in [5.41, 5.74) is 7.63. The fourth-order valence-corrected chi connectivity index (χ4v) is 1.72. The second kappa shape index (κ2) is 5.44. The quantitative estimate of drug-likeness (QED) is 0.380. The fourth-order valence-electron chi connectivity index (χ4n) is 1.72. The van der Waals surface area contributed by atoms with Crippen LogP contribution in [0.5, 0.6) is 0 Å². The molecule has 0 unspecified atom stereocenters.